The van der Waals surface area contributed by atoms with E-state index in [0.717, 1.165) is 10.2 Å². The summed E-state index contributed by atoms with van der Waals surface area (Å²) in [5, 5.41) is 3.34. The van der Waals surface area contributed by atoms with Crippen LogP contribution in [0.3, 0.4) is 0 Å². The van der Waals surface area contributed by atoms with Crippen molar-refractivity contribution < 1.29 is 9.53 Å². The number of carbonyl (C=O) groups excluding carboxylic acids is 1. The lowest BCUT2D eigenvalue weighted by Crippen LogP contribution is -2.23. The van der Waals surface area contributed by atoms with Gasteiger partial charge in [0.1, 0.15) is 5.75 Å². The van der Waals surface area contributed by atoms with Gasteiger partial charge in [0, 0.05) is 23.1 Å². The van der Waals surface area contributed by atoms with Crippen LogP contribution in [0.1, 0.15) is 20.3 Å². The number of carbonyl (C=O) groups is 1. The minimum Gasteiger partial charge on any atom is -0.491 e. The van der Waals surface area contributed by atoms with E-state index in [-0.39, 0.29) is 30.5 Å². The predicted octanol–water partition coefficient (Wildman–Crippen LogP) is 3.98. The fourth-order valence-corrected chi connectivity index (χ4v) is 2.99. The van der Waals surface area contributed by atoms with E-state index in [0.29, 0.717) is 16.6 Å². The molecule has 3 aromatic rings. The molecule has 0 aliphatic carbocycles. The second-order valence-electron chi connectivity index (χ2n) is 6.39. The second-order valence-corrected chi connectivity index (χ2v) is 7.31. The van der Waals surface area contributed by atoms with E-state index in [1.807, 2.05) is 32.0 Å². The van der Waals surface area contributed by atoms with Gasteiger partial charge in [-0.2, -0.15) is 0 Å². The number of aryl methyl sites for hydroxylation is 1. The lowest BCUT2D eigenvalue weighted by molar-refractivity contribution is -0.116. The molecule has 0 aliphatic rings. The summed E-state index contributed by atoms with van der Waals surface area (Å²) in [6.45, 7) is 4.17. The molecule has 1 N–H and O–H groups in total. The molecule has 1 amide bonds. The highest BCUT2D eigenvalue weighted by Crippen LogP contribution is 2.17. The molecule has 140 valence electrons. The van der Waals surface area contributed by atoms with Crippen LogP contribution in [0.5, 0.6) is 5.75 Å². The van der Waals surface area contributed by atoms with Crippen LogP contribution < -0.4 is 15.6 Å². The zero-order valence-corrected chi connectivity index (χ0v) is 16.7. The summed E-state index contributed by atoms with van der Waals surface area (Å²) < 4.78 is 7.84. The molecule has 0 bridgehead atoms. The Labute approximate surface area is 165 Å². The van der Waals surface area contributed by atoms with E-state index in [1.165, 1.54) is 10.9 Å². The van der Waals surface area contributed by atoms with Gasteiger partial charge in [-0.05, 0) is 56.3 Å². The van der Waals surface area contributed by atoms with Crippen molar-refractivity contribution in [3.8, 4) is 5.75 Å². The van der Waals surface area contributed by atoms with Gasteiger partial charge in [0.25, 0.3) is 5.56 Å². The Hall–Kier alpha value is -2.67. The van der Waals surface area contributed by atoms with Crippen LogP contribution in [0.2, 0.25) is 0 Å². The van der Waals surface area contributed by atoms with E-state index in [4.69, 9.17) is 4.74 Å². The average Bonchev–Trinajstić information content (AvgIpc) is 2.63. The first kappa shape index (κ1) is 19.1. The molecule has 6 nitrogen and oxygen atoms in total. The Balaban J connectivity index is 1.63. The van der Waals surface area contributed by atoms with Crippen LogP contribution in [-0.2, 0) is 11.3 Å². The standard InChI is InChI=1S/C20H20BrN3O3/c1-13(2)27-16-6-4-15(5-7-16)23-19(25)9-10-24-12-22-18-8-3-14(21)11-17(18)20(24)26/h3-8,11-13H,9-10H2,1-2H3,(H,23,25). The summed E-state index contributed by atoms with van der Waals surface area (Å²) in [6.07, 6.45) is 1.75. The second kappa shape index (κ2) is 8.35. The van der Waals surface area contributed by atoms with Gasteiger partial charge in [0.05, 0.1) is 23.3 Å². The first-order valence-electron chi connectivity index (χ1n) is 8.63. The Morgan fingerprint density at radius 3 is 2.67 bits per heavy atom. The van der Waals surface area contributed by atoms with Crippen LogP contribution in [0, 0.1) is 0 Å². The van der Waals surface area contributed by atoms with Gasteiger partial charge in [-0.15, -0.1) is 0 Å². The van der Waals surface area contributed by atoms with E-state index in [1.54, 1.807) is 24.3 Å². The van der Waals surface area contributed by atoms with Crippen LogP contribution >= 0.6 is 15.9 Å². The number of rotatable bonds is 6. The molecule has 0 atom stereocenters. The summed E-state index contributed by atoms with van der Waals surface area (Å²) in [6, 6.07) is 12.6. The highest BCUT2D eigenvalue weighted by Gasteiger charge is 2.08. The molecule has 0 spiro atoms. The molecule has 2 aromatic carbocycles. The molecule has 0 unspecified atom stereocenters. The fourth-order valence-electron chi connectivity index (χ4n) is 2.62. The normalized spacial score (nSPS) is 11.0. The van der Waals surface area contributed by atoms with Crippen molar-refractivity contribution in [1.82, 2.24) is 9.55 Å². The number of ether oxygens (including phenoxy) is 1. The van der Waals surface area contributed by atoms with Gasteiger partial charge in [-0.1, -0.05) is 15.9 Å². The highest BCUT2D eigenvalue weighted by molar-refractivity contribution is 9.10. The summed E-state index contributed by atoms with van der Waals surface area (Å²) in [5.74, 6) is 0.580. The molecule has 3 rings (SSSR count). The summed E-state index contributed by atoms with van der Waals surface area (Å²) in [5.41, 5.74) is 1.15. The summed E-state index contributed by atoms with van der Waals surface area (Å²) in [4.78, 5) is 29.0. The molecule has 0 saturated carbocycles. The van der Waals surface area contributed by atoms with E-state index in [2.05, 4.69) is 26.2 Å². The number of halogens is 1. The minimum absolute atomic E-state index is 0.0972. The highest BCUT2D eigenvalue weighted by atomic mass is 79.9. The first-order chi connectivity index (χ1) is 12.9. The molecule has 0 aliphatic heterocycles. The third kappa shape index (κ3) is 4.95. The predicted molar refractivity (Wildman–Crippen MR) is 109 cm³/mol. The van der Waals surface area contributed by atoms with Gasteiger partial charge in [-0.25, -0.2) is 4.98 Å². The Morgan fingerprint density at radius 2 is 1.96 bits per heavy atom. The first-order valence-corrected chi connectivity index (χ1v) is 9.43. The number of anilines is 1. The maximum Gasteiger partial charge on any atom is 0.261 e. The van der Waals surface area contributed by atoms with Crippen LogP contribution in [0.15, 0.2) is 58.1 Å². The van der Waals surface area contributed by atoms with Crippen molar-refractivity contribution in [3.63, 3.8) is 0 Å². The number of aromatic nitrogens is 2. The molecule has 0 saturated heterocycles. The maximum atomic E-state index is 12.5. The smallest absolute Gasteiger partial charge is 0.261 e. The van der Waals surface area contributed by atoms with E-state index < -0.39 is 0 Å². The Morgan fingerprint density at radius 1 is 1.22 bits per heavy atom. The minimum atomic E-state index is -0.172. The fraction of sp³-hybridized carbons (Fsp3) is 0.250. The molecular weight excluding hydrogens is 410 g/mol. The molecule has 1 heterocycles. The quantitative estimate of drug-likeness (QED) is 0.642. The molecule has 1 aromatic heterocycles. The van der Waals surface area contributed by atoms with Crippen molar-refractivity contribution in [2.45, 2.75) is 32.9 Å². The Bertz CT molecular complexity index is 1010. The SMILES string of the molecule is CC(C)Oc1ccc(NC(=O)CCn2cnc3ccc(Br)cc3c2=O)cc1. The molecule has 27 heavy (non-hydrogen) atoms. The van der Waals surface area contributed by atoms with E-state index in [9.17, 15) is 9.59 Å². The topological polar surface area (TPSA) is 73.2 Å². The number of fused-ring (bicyclic) bond motifs is 1. The number of hydrogen-bond acceptors (Lipinski definition) is 4. The zero-order valence-electron chi connectivity index (χ0n) is 15.1. The van der Waals surface area contributed by atoms with Crippen LogP contribution in [-0.4, -0.2) is 21.6 Å². The third-order valence-electron chi connectivity index (χ3n) is 3.88. The van der Waals surface area contributed by atoms with Gasteiger partial charge in [0.2, 0.25) is 5.91 Å². The van der Waals surface area contributed by atoms with Crippen molar-refractivity contribution in [2.24, 2.45) is 0 Å². The van der Waals surface area contributed by atoms with Gasteiger partial charge in [-0.3, -0.25) is 14.2 Å². The van der Waals surface area contributed by atoms with Gasteiger partial charge in [0.15, 0.2) is 0 Å². The van der Waals surface area contributed by atoms with Gasteiger partial charge >= 0.3 is 0 Å². The van der Waals surface area contributed by atoms with Gasteiger partial charge < -0.3 is 10.1 Å². The van der Waals surface area contributed by atoms with Crippen molar-refractivity contribution in [1.29, 1.82) is 0 Å². The van der Waals surface area contributed by atoms with E-state index >= 15 is 0 Å². The zero-order chi connectivity index (χ0) is 19.4. The summed E-state index contributed by atoms with van der Waals surface area (Å²) in [7, 11) is 0. The maximum absolute atomic E-state index is 12.5. The number of nitrogens with one attached hydrogen (secondary N) is 1. The molecule has 7 heteroatoms. The summed E-state index contributed by atoms with van der Waals surface area (Å²) >= 11 is 3.36. The lowest BCUT2D eigenvalue weighted by atomic mass is 10.2. The monoisotopic (exact) mass is 429 g/mol. The van der Waals surface area contributed by atoms with Crippen LogP contribution in [0.4, 0.5) is 5.69 Å². The molecular formula is C20H20BrN3O3. The number of hydrogen-bond donors (Lipinski definition) is 1. The van der Waals surface area contributed by atoms with Crippen molar-refractivity contribution in [3.05, 3.63) is 63.6 Å². The number of nitrogens with zero attached hydrogens (tertiary/aromatic N) is 2. The van der Waals surface area contributed by atoms with Crippen molar-refractivity contribution in [2.75, 3.05) is 5.32 Å². The Kier molecular flexibility index (Phi) is 5.91. The largest absolute Gasteiger partial charge is 0.491 e. The molecule has 0 fully saturated rings. The third-order valence-corrected chi connectivity index (χ3v) is 4.37. The number of benzene rings is 2. The average molecular weight is 430 g/mol. The molecule has 0 radical (unpaired) electrons. The number of amides is 1. The van der Waals surface area contributed by atoms with Crippen LogP contribution in [0.25, 0.3) is 10.9 Å². The van der Waals surface area contributed by atoms with Crippen molar-refractivity contribution >= 4 is 38.4 Å². The lowest BCUT2D eigenvalue weighted by Gasteiger charge is -2.11.